The number of benzene rings is 2. The number of aromatic nitrogens is 2. The van der Waals surface area contributed by atoms with E-state index < -0.39 is 18.2 Å². The summed E-state index contributed by atoms with van der Waals surface area (Å²) in [4.78, 5) is 14.6. The number of fused-ring (bicyclic) bond motifs is 1. The zero-order valence-electron chi connectivity index (χ0n) is 16.7. The van der Waals surface area contributed by atoms with Crippen LogP contribution in [0.3, 0.4) is 0 Å². The summed E-state index contributed by atoms with van der Waals surface area (Å²) >= 11 is 6.22. The number of para-hydroxylation sites is 1. The van der Waals surface area contributed by atoms with Gasteiger partial charge in [0.15, 0.2) is 6.10 Å². The molecule has 0 N–H and O–H groups in total. The molecule has 1 aromatic heterocycles. The van der Waals surface area contributed by atoms with E-state index in [0.717, 1.165) is 24.2 Å². The minimum Gasteiger partial charge on any atom is -0.480 e. The van der Waals surface area contributed by atoms with Crippen LogP contribution >= 0.6 is 11.6 Å². The second-order valence-electron chi connectivity index (χ2n) is 7.26. The van der Waals surface area contributed by atoms with Crippen LogP contribution in [0.15, 0.2) is 48.7 Å². The Morgan fingerprint density at radius 3 is 2.56 bits per heavy atom. The number of carbonyl (C=O) groups excluding carboxylic acids is 1. The highest BCUT2D eigenvalue weighted by atomic mass is 35.5. The largest absolute Gasteiger partial charge is 0.480 e. The number of nitrogens with zero attached hydrogens (tertiary/aromatic N) is 4. The van der Waals surface area contributed by atoms with Gasteiger partial charge in [-0.25, -0.2) is 4.68 Å². The summed E-state index contributed by atoms with van der Waals surface area (Å²) < 4.78 is 45.8. The van der Waals surface area contributed by atoms with Gasteiger partial charge >= 0.3 is 6.18 Å². The average Bonchev–Trinajstić information content (AvgIpc) is 3.33. The lowest BCUT2D eigenvalue weighted by molar-refractivity contribution is -0.189. The average molecular weight is 461 g/mol. The van der Waals surface area contributed by atoms with Crippen molar-refractivity contribution in [3.8, 4) is 17.5 Å². The van der Waals surface area contributed by atoms with Crippen molar-refractivity contribution < 1.29 is 22.7 Å². The molecule has 32 heavy (non-hydrogen) atoms. The van der Waals surface area contributed by atoms with Crippen molar-refractivity contribution in [1.82, 2.24) is 14.7 Å². The highest BCUT2D eigenvalue weighted by Gasteiger charge is 2.39. The fraction of sp³-hybridized carbons (Fsp3) is 0.227. The summed E-state index contributed by atoms with van der Waals surface area (Å²) in [5.41, 5.74) is 2.03. The van der Waals surface area contributed by atoms with E-state index in [-0.39, 0.29) is 35.0 Å². The minimum absolute atomic E-state index is 0.0340. The maximum atomic E-state index is 13.2. The summed E-state index contributed by atoms with van der Waals surface area (Å²) in [5.74, 6) is -0.969. The molecule has 1 atom stereocenters. The van der Waals surface area contributed by atoms with Gasteiger partial charge in [-0.2, -0.15) is 23.5 Å². The third kappa shape index (κ3) is 4.01. The molecule has 1 aliphatic heterocycles. The molecule has 0 saturated heterocycles. The number of amides is 1. The number of carbonyl (C=O) groups is 1. The zero-order chi connectivity index (χ0) is 23.0. The highest BCUT2D eigenvalue weighted by Crippen LogP contribution is 2.35. The summed E-state index contributed by atoms with van der Waals surface area (Å²) in [6.45, 7) is 1.18. The molecule has 1 aliphatic rings. The number of ether oxygens (including phenoxy) is 1. The molecular weight excluding hydrogens is 445 g/mol. The first-order valence-electron chi connectivity index (χ1n) is 9.57. The van der Waals surface area contributed by atoms with Gasteiger partial charge in [0, 0.05) is 18.3 Å². The lowest BCUT2D eigenvalue weighted by atomic mass is 10.1. The van der Waals surface area contributed by atoms with Crippen molar-refractivity contribution in [3.63, 3.8) is 0 Å². The number of nitriles is 1. The molecule has 1 amide bonds. The fourth-order valence-corrected chi connectivity index (χ4v) is 3.65. The number of hydrogen-bond donors (Lipinski definition) is 0. The van der Waals surface area contributed by atoms with Gasteiger partial charge in [0.2, 0.25) is 0 Å². The van der Waals surface area contributed by atoms with Crippen LogP contribution in [-0.4, -0.2) is 32.9 Å². The predicted molar refractivity (Wildman–Crippen MR) is 109 cm³/mol. The van der Waals surface area contributed by atoms with Gasteiger partial charge in [-0.05, 0) is 31.2 Å². The Balaban J connectivity index is 1.62. The molecule has 2 aromatic carbocycles. The lowest BCUT2D eigenvalue weighted by Crippen LogP contribution is -2.33. The maximum Gasteiger partial charge on any atom is 0.425 e. The van der Waals surface area contributed by atoms with Crippen LogP contribution in [-0.2, 0) is 13.1 Å². The molecule has 0 fully saturated rings. The van der Waals surface area contributed by atoms with E-state index in [4.69, 9.17) is 16.3 Å². The van der Waals surface area contributed by atoms with Crippen molar-refractivity contribution >= 4 is 17.5 Å². The van der Waals surface area contributed by atoms with Crippen LogP contribution in [0.25, 0.3) is 5.69 Å². The van der Waals surface area contributed by atoms with Gasteiger partial charge in [-0.3, -0.25) is 4.79 Å². The molecule has 4 rings (SSSR count). The van der Waals surface area contributed by atoms with Crippen molar-refractivity contribution in [2.75, 3.05) is 0 Å². The second kappa shape index (κ2) is 8.20. The van der Waals surface area contributed by atoms with E-state index in [9.17, 15) is 23.2 Å². The van der Waals surface area contributed by atoms with Crippen LogP contribution in [0, 0.1) is 11.3 Å². The molecule has 0 aliphatic carbocycles. The zero-order valence-corrected chi connectivity index (χ0v) is 17.5. The van der Waals surface area contributed by atoms with Crippen LogP contribution in [0.2, 0.25) is 5.02 Å². The first-order chi connectivity index (χ1) is 15.2. The molecule has 2 heterocycles. The molecule has 0 spiro atoms. The van der Waals surface area contributed by atoms with E-state index in [1.54, 1.807) is 10.9 Å². The minimum atomic E-state index is -4.63. The molecule has 10 heteroatoms. The van der Waals surface area contributed by atoms with Gasteiger partial charge in [-0.15, -0.1) is 0 Å². The number of hydrogen-bond acceptors (Lipinski definition) is 4. The van der Waals surface area contributed by atoms with Crippen LogP contribution in [0.4, 0.5) is 13.2 Å². The van der Waals surface area contributed by atoms with Gasteiger partial charge < -0.3 is 9.64 Å². The second-order valence-corrected chi connectivity index (χ2v) is 7.63. The third-order valence-electron chi connectivity index (χ3n) is 5.09. The first kappa shape index (κ1) is 21.7. The quantitative estimate of drug-likeness (QED) is 0.556. The van der Waals surface area contributed by atoms with E-state index in [1.165, 1.54) is 11.0 Å². The smallest absolute Gasteiger partial charge is 0.425 e. The van der Waals surface area contributed by atoms with E-state index in [2.05, 4.69) is 5.10 Å². The normalized spacial score (nSPS) is 14.1. The van der Waals surface area contributed by atoms with Crippen LogP contribution in [0.1, 0.15) is 34.1 Å². The molecule has 1 unspecified atom stereocenters. The van der Waals surface area contributed by atoms with Crippen molar-refractivity contribution in [2.24, 2.45) is 0 Å². The highest BCUT2D eigenvalue weighted by molar-refractivity contribution is 6.35. The molecule has 6 nitrogen and oxygen atoms in total. The molecule has 3 aromatic rings. The molecule has 0 saturated carbocycles. The van der Waals surface area contributed by atoms with E-state index in [0.29, 0.717) is 5.69 Å². The third-order valence-corrected chi connectivity index (χ3v) is 5.48. The summed E-state index contributed by atoms with van der Waals surface area (Å²) in [6.07, 6.45) is -5.00. The van der Waals surface area contributed by atoms with Gasteiger partial charge in [-0.1, -0.05) is 29.8 Å². The Bertz CT molecular complexity index is 1190. The molecule has 0 bridgehead atoms. The topological polar surface area (TPSA) is 71.2 Å². The predicted octanol–water partition coefficient (Wildman–Crippen LogP) is 4.88. The Kier molecular flexibility index (Phi) is 5.57. The molecular formula is C22H16ClF3N4O2. The number of halogens is 4. The van der Waals surface area contributed by atoms with Gasteiger partial charge in [0.25, 0.3) is 5.91 Å². The van der Waals surface area contributed by atoms with Gasteiger partial charge in [0.05, 0.1) is 28.5 Å². The number of rotatable bonds is 4. The molecule has 0 radical (unpaired) electrons. The Hall–Kier alpha value is -3.51. The fourth-order valence-electron chi connectivity index (χ4n) is 3.37. The van der Waals surface area contributed by atoms with E-state index >= 15 is 0 Å². The summed E-state index contributed by atoms with van der Waals surface area (Å²) in [6, 6.07) is 13.6. The van der Waals surface area contributed by atoms with Gasteiger partial charge in [0.1, 0.15) is 17.4 Å². The Labute approximate surface area is 186 Å². The Morgan fingerprint density at radius 1 is 1.22 bits per heavy atom. The van der Waals surface area contributed by atoms with Crippen molar-refractivity contribution in [3.05, 3.63) is 76.1 Å². The van der Waals surface area contributed by atoms with Crippen molar-refractivity contribution in [2.45, 2.75) is 32.3 Å². The number of alkyl halides is 3. The SMILES string of the molecule is CC(Oc1ccc(C#N)c(Cl)c1C(=O)N1Cc2cn(-c3ccccc3)nc2C1)C(F)(F)F. The lowest BCUT2D eigenvalue weighted by Gasteiger charge is -2.23. The standard InChI is InChI=1S/C22H16ClF3N4O2/c1-13(22(24,25)26)32-18-8-7-14(9-27)20(23)19(18)21(31)29-10-15-11-30(28-17(15)12-29)16-5-3-2-4-6-16/h2-8,11,13H,10,12H2,1H3. The Morgan fingerprint density at radius 2 is 1.94 bits per heavy atom. The van der Waals surface area contributed by atoms with Crippen LogP contribution in [0.5, 0.6) is 5.75 Å². The summed E-state index contributed by atoms with van der Waals surface area (Å²) in [7, 11) is 0. The molecule has 164 valence electrons. The monoisotopic (exact) mass is 460 g/mol. The van der Waals surface area contributed by atoms with Crippen LogP contribution < -0.4 is 4.74 Å². The maximum absolute atomic E-state index is 13.2. The summed E-state index contributed by atoms with van der Waals surface area (Å²) in [5, 5.41) is 13.5. The van der Waals surface area contributed by atoms with E-state index in [1.807, 2.05) is 36.4 Å². The first-order valence-corrected chi connectivity index (χ1v) is 9.95. The van der Waals surface area contributed by atoms with Crippen molar-refractivity contribution in [1.29, 1.82) is 5.26 Å².